The van der Waals surface area contributed by atoms with E-state index in [0.717, 1.165) is 29.7 Å². The second-order valence-electron chi connectivity index (χ2n) is 11.1. The summed E-state index contributed by atoms with van der Waals surface area (Å²) in [6, 6.07) is 4.69. The lowest BCUT2D eigenvalue weighted by atomic mass is 9.78. The summed E-state index contributed by atoms with van der Waals surface area (Å²) in [5.74, 6) is 0.124. The number of phenols is 1. The SMILES string of the molecule is CC(=CC(=O)OCCCc1cc(C(C)(C)C)c(O)c(C(C)(C)C)c1)NC1CCCCC1. The maximum Gasteiger partial charge on any atom is 0.332 e. The molecule has 1 saturated carbocycles. The number of carbonyl (C=O) groups is 1. The van der Waals surface area contributed by atoms with E-state index in [9.17, 15) is 9.90 Å². The molecule has 0 saturated heterocycles. The van der Waals surface area contributed by atoms with Crippen LogP contribution in [0.1, 0.15) is 104 Å². The number of hydrogen-bond acceptors (Lipinski definition) is 4. The van der Waals surface area contributed by atoms with Crippen LogP contribution in [-0.4, -0.2) is 23.7 Å². The summed E-state index contributed by atoms with van der Waals surface area (Å²) in [5.41, 5.74) is 3.73. The average Bonchev–Trinajstić information content (AvgIpc) is 2.65. The number of carbonyl (C=O) groups excluding carboxylic acids is 1. The average molecular weight is 430 g/mol. The van der Waals surface area contributed by atoms with Crippen LogP contribution < -0.4 is 5.32 Å². The molecule has 4 nitrogen and oxygen atoms in total. The third-order valence-electron chi connectivity index (χ3n) is 6.01. The van der Waals surface area contributed by atoms with Gasteiger partial charge in [0.2, 0.25) is 0 Å². The lowest BCUT2D eigenvalue weighted by Gasteiger charge is -2.28. The monoisotopic (exact) mass is 429 g/mol. The Morgan fingerprint density at radius 1 is 1.06 bits per heavy atom. The van der Waals surface area contributed by atoms with Gasteiger partial charge in [0.1, 0.15) is 5.75 Å². The van der Waals surface area contributed by atoms with Crippen LogP contribution in [0.5, 0.6) is 5.75 Å². The number of esters is 1. The van der Waals surface area contributed by atoms with Crippen molar-refractivity contribution in [2.24, 2.45) is 0 Å². The van der Waals surface area contributed by atoms with Gasteiger partial charge in [-0.3, -0.25) is 0 Å². The van der Waals surface area contributed by atoms with Gasteiger partial charge in [-0.1, -0.05) is 72.9 Å². The minimum Gasteiger partial charge on any atom is -0.507 e. The highest BCUT2D eigenvalue weighted by molar-refractivity contribution is 5.82. The molecule has 174 valence electrons. The van der Waals surface area contributed by atoms with E-state index in [1.165, 1.54) is 37.7 Å². The van der Waals surface area contributed by atoms with Gasteiger partial charge in [-0.05, 0) is 60.1 Å². The van der Waals surface area contributed by atoms with E-state index >= 15 is 0 Å². The molecule has 0 atom stereocenters. The van der Waals surface area contributed by atoms with Gasteiger partial charge < -0.3 is 15.2 Å². The van der Waals surface area contributed by atoms with Crippen molar-refractivity contribution < 1.29 is 14.6 Å². The maximum absolute atomic E-state index is 12.2. The zero-order chi connectivity index (χ0) is 23.2. The molecule has 0 heterocycles. The van der Waals surface area contributed by atoms with Gasteiger partial charge in [-0.15, -0.1) is 0 Å². The Balaban J connectivity index is 1.92. The predicted octanol–water partition coefficient (Wildman–Crippen LogP) is 6.29. The van der Waals surface area contributed by atoms with Crippen LogP contribution in [0.25, 0.3) is 0 Å². The van der Waals surface area contributed by atoms with E-state index in [0.29, 0.717) is 18.4 Å². The van der Waals surface area contributed by atoms with Crippen molar-refractivity contribution in [2.75, 3.05) is 6.61 Å². The molecule has 1 aromatic carbocycles. The lowest BCUT2D eigenvalue weighted by molar-refractivity contribution is -0.137. The van der Waals surface area contributed by atoms with E-state index in [-0.39, 0.29) is 16.8 Å². The molecule has 0 amide bonds. The third-order valence-corrected chi connectivity index (χ3v) is 6.01. The fourth-order valence-electron chi connectivity index (χ4n) is 4.26. The van der Waals surface area contributed by atoms with Crippen LogP contribution in [0.15, 0.2) is 23.9 Å². The minimum absolute atomic E-state index is 0.139. The van der Waals surface area contributed by atoms with Crippen molar-refractivity contribution >= 4 is 5.97 Å². The highest BCUT2D eigenvalue weighted by atomic mass is 16.5. The molecule has 31 heavy (non-hydrogen) atoms. The number of phenolic OH excluding ortho intramolecular Hbond substituents is 1. The summed E-state index contributed by atoms with van der Waals surface area (Å²) in [6.45, 7) is 15.1. The molecular weight excluding hydrogens is 386 g/mol. The van der Waals surface area contributed by atoms with Crippen molar-refractivity contribution in [3.8, 4) is 5.75 Å². The lowest BCUT2D eigenvalue weighted by Crippen LogP contribution is -2.29. The highest BCUT2D eigenvalue weighted by Gasteiger charge is 2.26. The molecule has 0 bridgehead atoms. The van der Waals surface area contributed by atoms with E-state index in [2.05, 4.69) is 59.0 Å². The van der Waals surface area contributed by atoms with Gasteiger partial charge in [0.05, 0.1) is 6.61 Å². The van der Waals surface area contributed by atoms with Crippen LogP contribution in [0, 0.1) is 0 Å². The van der Waals surface area contributed by atoms with Crippen LogP contribution >= 0.6 is 0 Å². The van der Waals surface area contributed by atoms with E-state index in [1.54, 1.807) is 6.08 Å². The minimum atomic E-state index is -0.280. The first kappa shape index (κ1) is 25.3. The predicted molar refractivity (Wildman–Crippen MR) is 129 cm³/mol. The summed E-state index contributed by atoms with van der Waals surface area (Å²) in [7, 11) is 0. The Morgan fingerprint density at radius 3 is 2.13 bits per heavy atom. The molecular formula is C27H43NO3. The summed E-state index contributed by atoms with van der Waals surface area (Å²) < 4.78 is 5.44. The highest BCUT2D eigenvalue weighted by Crippen LogP contribution is 2.40. The summed E-state index contributed by atoms with van der Waals surface area (Å²) in [5, 5.41) is 14.3. The molecule has 2 rings (SSSR count). The molecule has 0 spiro atoms. The summed E-state index contributed by atoms with van der Waals surface area (Å²) in [6.07, 6.45) is 9.35. The maximum atomic E-state index is 12.2. The zero-order valence-corrected chi connectivity index (χ0v) is 20.7. The Labute approximate surface area is 189 Å². The van der Waals surface area contributed by atoms with Crippen molar-refractivity contribution in [1.82, 2.24) is 5.32 Å². The van der Waals surface area contributed by atoms with Crippen LogP contribution in [0.3, 0.4) is 0 Å². The number of ether oxygens (including phenoxy) is 1. The fraction of sp³-hybridized carbons (Fsp3) is 0.667. The van der Waals surface area contributed by atoms with Crippen LogP contribution in [0.4, 0.5) is 0 Å². The normalized spacial score (nSPS) is 16.3. The Morgan fingerprint density at radius 2 is 1.61 bits per heavy atom. The van der Waals surface area contributed by atoms with Gasteiger partial charge in [-0.25, -0.2) is 4.79 Å². The second kappa shape index (κ2) is 10.6. The van der Waals surface area contributed by atoms with Gasteiger partial charge in [0.25, 0.3) is 0 Å². The Kier molecular flexibility index (Phi) is 8.62. The topological polar surface area (TPSA) is 58.6 Å². The molecule has 1 aliphatic carbocycles. The van der Waals surface area contributed by atoms with E-state index in [1.807, 2.05) is 6.92 Å². The number of rotatable bonds is 7. The van der Waals surface area contributed by atoms with Crippen LogP contribution in [-0.2, 0) is 26.8 Å². The molecule has 2 N–H and O–H groups in total. The number of nitrogens with one attached hydrogen (secondary N) is 1. The summed E-state index contributed by atoms with van der Waals surface area (Å²) >= 11 is 0. The zero-order valence-electron chi connectivity index (χ0n) is 20.7. The van der Waals surface area contributed by atoms with Crippen molar-refractivity contribution in [3.63, 3.8) is 0 Å². The summed E-state index contributed by atoms with van der Waals surface area (Å²) in [4.78, 5) is 12.2. The molecule has 1 aliphatic rings. The Hall–Kier alpha value is -1.97. The molecule has 0 aliphatic heterocycles. The van der Waals surface area contributed by atoms with Gasteiger partial charge in [-0.2, -0.15) is 0 Å². The molecule has 1 aromatic rings. The quantitative estimate of drug-likeness (QED) is 0.304. The largest absolute Gasteiger partial charge is 0.507 e. The van der Waals surface area contributed by atoms with Crippen LogP contribution in [0.2, 0.25) is 0 Å². The number of hydrogen-bond donors (Lipinski definition) is 2. The van der Waals surface area contributed by atoms with E-state index in [4.69, 9.17) is 4.74 Å². The Bertz CT molecular complexity index is 740. The number of benzene rings is 1. The third kappa shape index (κ3) is 7.90. The number of allylic oxidation sites excluding steroid dienone is 1. The number of aryl methyl sites for hydroxylation is 1. The second-order valence-corrected chi connectivity index (χ2v) is 11.1. The van der Waals surface area contributed by atoms with Crippen molar-refractivity contribution in [3.05, 3.63) is 40.6 Å². The first-order valence-electron chi connectivity index (χ1n) is 11.9. The molecule has 1 fully saturated rings. The smallest absolute Gasteiger partial charge is 0.332 e. The molecule has 4 heteroatoms. The van der Waals surface area contributed by atoms with Gasteiger partial charge in [0, 0.05) is 17.8 Å². The standard InChI is InChI=1S/C27H43NO3/c1-19(28-21-13-9-8-10-14-21)16-24(29)31-15-11-12-20-17-22(26(2,3)4)25(30)23(18-20)27(5,6)7/h16-18,21,28,30H,8-15H2,1-7H3. The fourth-order valence-corrected chi connectivity index (χ4v) is 4.26. The molecule has 0 aromatic heterocycles. The van der Waals surface area contributed by atoms with E-state index < -0.39 is 0 Å². The molecule has 0 unspecified atom stereocenters. The first-order chi connectivity index (χ1) is 14.4. The molecule has 0 radical (unpaired) electrons. The van der Waals surface area contributed by atoms with Crippen molar-refractivity contribution in [2.45, 2.75) is 110 Å². The number of aromatic hydroxyl groups is 1. The van der Waals surface area contributed by atoms with Gasteiger partial charge >= 0.3 is 5.97 Å². The van der Waals surface area contributed by atoms with Crippen molar-refractivity contribution in [1.29, 1.82) is 0 Å². The van der Waals surface area contributed by atoms with Gasteiger partial charge in [0.15, 0.2) is 0 Å². The first-order valence-corrected chi connectivity index (χ1v) is 11.9.